The molecule has 0 bridgehead atoms. The molecule has 0 amide bonds. The van der Waals surface area contributed by atoms with Gasteiger partial charge in [-0.1, -0.05) is 41.2 Å². The quantitative estimate of drug-likeness (QED) is 0.0780. The van der Waals surface area contributed by atoms with E-state index in [1.54, 1.807) is 0 Å². The first-order valence-corrected chi connectivity index (χ1v) is 17.7. The van der Waals surface area contributed by atoms with E-state index in [9.17, 15) is 41.0 Å². The highest BCUT2D eigenvalue weighted by Gasteiger charge is 2.73. The van der Waals surface area contributed by atoms with Gasteiger partial charge in [0.2, 0.25) is 0 Å². The molecule has 4 aliphatic carbocycles. The summed E-state index contributed by atoms with van der Waals surface area (Å²) >= 11 is 0. The van der Waals surface area contributed by atoms with Crippen LogP contribution in [0, 0.1) is 45.3 Å². The van der Waals surface area contributed by atoms with Crippen LogP contribution in [0.2, 0.25) is 0 Å². The number of hydrogen-bond acceptors (Lipinski definition) is 11. The number of aliphatic hydroxyl groups is 7. The summed E-state index contributed by atoms with van der Waals surface area (Å²) in [6, 6.07) is 0. The Hall–Kier alpha value is -0.700. The van der Waals surface area contributed by atoms with Crippen LogP contribution in [0.1, 0.15) is 99.8 Å². The third-order valence-electron chi connectivity index (χ3n) is 15.0. The van der Waals surface area contributed by atoms with E-state index >= 15 is 0 Å². The molecule has 272 valence electrons. The fourth-order valence-electron chi connectivity index (χ4n) is 12.1. The zero-order valence-corrected chi connectivity index (χ0v) is 29.4. The highest BCUT2D eigenvalue weighted by atomic mass is 17.1. The number of rotatable bonds is 9. The minimum Gasteiger partial charge on any atom is -0.394 e. The zero-order valence-electron chi connectivity index (χ0n) is 29.4. The largest absolute Gasteiger partial charge is 0.394 e. The monoisotopic (exact) mass is 670 g/mol. The molecule has 0 aromatic carbocycles. The van der Waals surface area contributed by atoms with Gasteiger partial charge in [-0.2, -0.15) is 0 Å². The van der Waals surface area contributed by atoms with Gasteiger partial charge in [-0.3, -0.25) is 5.26 Å². The van der Waals surface area contributed by atoms with Crippen molar-refractivity contribution in [2.45, 2.75) is 161 Å². The van der Waals surface area contributed by atoms with Crippen LogP contribution in [-0.2, 0) is 14.4 Å². The van der Waals surface area contributed by atoms with Crippen LogP contribution in [0.3, 0.4) is 0 Å². The van der Waals surface area contributed by atoms with Crippen molar-refractivity contribution >= 4 is 0 Å². The Morgan fingerprint density at radius 1 is 0.894 bits per heavy atom. The smallest absolute Gasteiger partial charge is 0.187 e. The van der Waals surface area contributed by atoms with Crippen LogP contribution in [0.4, 0.5) is 0 Å². The average Bonchev–Trinajstić information content (AvgIpc) is 3.37. The fourth-order valence-corrected chi connectivity index (χ4v) is 12.1. The maximum atomic E-state index is 12.1. The highest BCUT2D eigenvalue weighted by Crippen LogP contribution is 2.76. The summed E-state index contributed by atoms with van der Waals surface area (Å²) < 4.78 is 11.9. The lowest BCUT2D eigenvalue weighted by Crippen LogP contribution is -2.73. The van der Waals surface area contributed by atoms with E-state index in [1.807, 2.05) is 27.7 Å². The first-order valence-electron chi connectivity index (χ1n) is 17.7. The Bertz CT molecular complexity index is 1140. The molecule has 5 aliphatic rings. The van der Waals surface area contributed by atoms with Gasteiger partial charge < -0.3 is 45.2 Å². The van der Waals surface area contributed by atoms with Gasteiger partial charge >= 0.3 is 0 Å². The Kier molecular flexibility index (Phi) is 10.2. The Labute approximate surface area is 279 Å². The predicted molar refractivity (Wildman–Crippen MR) is 173 cm³/mol. The van der Waals surface area contributed by atoms with Crippen molar-refractivity contribution < 1.29 is 55.4 Å². The van der Waals surface area contributed by atoms with Gasteiger partial charge in [0, 0.05) is 5.41 Å². The first-order chi connectivity index (χ1) is 21.7. The fraction of sp³-hybridized carbons (Fsp3) is 0.944. The van der Waals surface area contributed by atoms with Gasteiger partial charge in [0.15, 0.2) is 6.29 Å². The summed E-state index contributed by atoms with van der Waals surface area (Å²) in [6.07, 6.45) is -4.99. The van der Waals surface area contributed by atoms with E-state index in [0.29, 0.717) is 12.8 Å². The molecule has 0 aromatic heterocycles. The standard InChI is InChI=1S/C36H62O11/c1-18(2)21(47-44)12-16-35(7,43)20-11-14-33(5)19(20)9-10-24-34(33,6)15-13-23-32(3,4)30(28(41)29(42)36(23,24)8)46-31-27(40)26(39)25(38)22(17-37)45-31/h19-31,37-44H,1,9-17H2,2-8H3/t19-,20+,21+,22-,23+,24+,25-,26+,27-,28-,29-,30+,31+,33-,34-,35-,36+/m1/s1. The second kappa shape index (κ2) is 12.8. The molecule has 47 heavy (non-hydrogen) atoms. The molecule has 0 aromatic rings. The van der Waals surface area contributed by atoms with Gasteiger partial charge in [0.1, 0.15) is 36.6 Å². The molecule has 0 unspecified atom stereocenters. The summed E-state index contributed by atoms with van der Waals surface area (Å²) in [4.78, 5) is 4.64. The molecule has 11 heteroatoms. The summed E-state index contributed by atoms with van der Waals surface area (Å²) in [6.45, 7) is 17.9. The number of fused-ring (bicyclic) bond motifs is 5. The molecule has 5 fully saturated rings. The summed E-state index contributed by atoms with van der Waals surface area (Å²) in [5, 5.41) is 86.2. The van der Waals surface area contributed by atoms with Gasteiger partial charge in [-0.25, -0.2) is 4.89 Å². The van der Waals surface area contributed by atoms with Gasteiger partial charge in [0.25, 0.3) is 0 Å². The van der Waals surface area contributed by atoms with Crippen molar-refractivity contribution in [3.63, 3.8) is 0 Å². The number of ether oxygens (including phenoxy) is 2. The van der Waals surface area contributed by atoms with Crippen molar-refractivity contribution in [2.24, 2.45) is 45.3 Å². The highest BCUT2D eigenvalue weighted by molar-refractivity contribution is 5.21. The van der Waals surface area contributed by atoms with Gasteiger partial charge in [-0.15, -0.1) is 0 Å². The van der Waals surface area contributed by atoms with E-state index < -0.39 is 78.2 Å². The molecule has 11 nitrogen and oxygen atoms in total. The maximum Gasteiger partial charge on any atom is 0.187 e. The minimum atomic E-state index is -1.61. The van der Waals surface area contributed by atoms with E-state index in [1.165, 1.54) is 0 Å². The van der Waals surface area contributed by atoms with Crippen molar-refractivity contribution in [3.8, 4) is 0 Å². The van der Waals surface area contributed by atoms with Crippen LogP contribution in [0.25, 0.3) is 0 Å². The molecule has 1 heterocycles. The number of hydrogen-bond donors (Lipinski definition) is 8. The summed E-state index contributed by atoms with van der Waals surface area (Å²) in [7, 11) is 0. The lowest BCUT2D eigenvalue weighted by Gasteiger charge is -2.71. The van der Waals surface area contributed by atoms with Crippen molar-refractivity contribution in [1.29, 1.82) is 0 Å². The van der Waals surface area contributed by atoms with Crippen molar-refractivity contribution in [1.82, 2.24) is 0 Å². The van der Waals surface area contributed by atoms with Gasteiger partial charge in [-0.05, 0) is 111 Å². The zero-order chi connectivity index (χ0) is 35.1. The Morgan fingerprint density at radius 2 is 1.53 bits per heavy atom. The van der Waals surface area contributed by atoms with Crippen LogP contribution in [0.5, 0.6) is 0 Å². The second-order valence-corrected chi connectivity index (χ2v) is 17.5. The van der Waals surface area contributed by atoms with E-state index in [4.69, 9.17) is 9.47 Å². The SMILES string of the molecule is C=C(C)[C@H](CC[C@@](C)(O)[C@H]1CC[C@]2(C)[C@@H]1CC[C@@H]1[C@@]3(C)[C@H](O)[C@@H](O)[C@H](O[C@@H]4O[C@H](CO)[C@@H](O)[C@H](O)[C@H]4O)C(C)(C)[C@@H]3CC[C@]12C)OO. The predicted octanol–water partition coefficient (Wildman–Crippen LogP) is 2.76. The maximum absolute atomic E-state index is 12.1. The van der Waals surface area contributed by atoms with Crippen LogP contribution in [0.15, 0.2) is 12.2 Å². The lowest BCUT2D eigenvalue weighted by atomic mass is 9.34. The normalized spacial score (nSPS) is 51.3. The molecule has 0 spiro atoms. The van der Waals surface area contributed by atoms with E-state index in [-0.39, 0.29) is 34.5 Å². The topological polar surface area (TPSA) is 190 Å². The molecule has 0 radical (unpaired) electrons. The third-order valence-corrected chi connectivity index (χ3v) is 15.0. The molecule has 1 saturated heterocycles. The molecule has 1 aliphatic heterocycles. The van der Waals surface area contributed by atoms with Crippen molar-refractivity contribution in [3.05, 3.63) is 12.2 Å². The van der Waals surface area contributed by atoms with Crippen LogP contribution < -0.4 is 0 Å². The molecule has 5 rings (SSSR count). The first kappa shape index (κ1) is 37.6. The van der Waals surface area contributed by atoms with Gasteiger partial charge in [0.05, 0.1) is 24.4 Å². The van der Waals surface area contributed by atoms with Crippen LogP contribution in [-0.4, -0.2) is 108 Å². The molecule has 4 saturated carbocycles. The van der Waals surface area contributed by atoms with Crippen molar-refractivity contribution in [2.75, 3.05) is 6.61 Å². The average molecular weight is 671 g/mol. The minimum absolute atomic E-state index is 0.0561. The van der Waals surface area contributed by atoms with Crippen LogP contribution >= 0.6 is 0 Å². The Morgan fingerprint density at radius 3 is 2.13 bits per heavy atom. The molecular weight excluding hydrogens is 608 g/mol. The lowest BCUT2D eigenvalue weighted by molar-refractivity contribution is -0.355. The summed E-state index contributed by atoms with van der Waals surface area (Å²) in [5.41, 5.74) is -1.83. The second-order valence-electron chi connectivity index (χ2n) is 17.5. The molecule has 17 atom stereocenters. The molecular formula is C36H62O11. The van der Waals surface area contributed by atoms with E-state index in [0.717, 1.165) is 44.1 Å². The summed E-state index contributed by atoms with van der Waals surface area (Å²) in [5.74, 6) is 0.388. The Balaban J connectivity index is 1.39. The third kappa shape index (κ3) is 5.59. The van der Waals surface area contributed by atoms with E-state index in [2.05, 4.69) is 32.2 Å². The molecule has 8 N–H and O–H groups in total. The number of aliphatic hydroxyl groups excluding tert-OH is 6.